The average Bonchev–Trinajstić information content (AvgIpc) is 2.85. The van der Waals surface area contributed by atoms with Crippen LogP contribution in [0.1, 0.15) is 16.9 Å². The van der Waals surface area contributed by atoms with Gasteiger partial charge in [-0.15, -0.1) is 9.24 Å². The Hall–Kier alpha value is -3.22. The number of rotatable bonds is 4. The summed E-state index contributed by atoms with van der Waals surface area (Å²) in [6.07, 6.45) is 1.39. The molecule has 1 fully saturated rings. The van der Waals surface area contributed by atoms with Crippen molar-refractivity contribution in [1.82, 2.24) is 14.5 Å². The zero-order valence-corrected chi connectivity index (χ0v) is 19.7. The summed E-state index contributed by atoms with van der Waals surface area (Å²) in [5.74, 6) is -1.40. The highest BCUT2D eigenvalue weighted by atomic mass is 31.0. The highest BCUT2D eigenvalue weighted by molar-refractivity contribution is 7.17. The van der Waals surface area contributed by atoms with Gasteiger partial charge in [-0.25, -0.2) is 18.7 Å². The summed E-state index contributed by atoms with van der Waals surface area (Å²) in [6.45, 7) is 2.91. The van der Waals surface area contributed by atoms with Gasteiger partial charge in [0.1, 0.15) is 18.0 Å². The van der Waals surface area contributed by atoms with Gasteiger partial charge in [0, 0.05) is 65.8 Å². The minimum Gasteiger partial charge on any atom is -0.378 e. The second-order valence-corrected chi connectivity index (χ2v) is 8.87. The Balaban J connectivity index is 1.60. The predicted molar refractivity (Wildman–Crippen MR) is 131 cm³/mol. The first-order valence-corrected chi connectivity index (χ1v) is 11.6. The molecular formula is C25H23F2N4O2P. The first kappa shape index (κ1) is 22.6. The molecule has 9 heteroatoms. The summed E-state index contributed by atoms with van der Waals surface area (Å²) in [5.41, 5.74) is 2.33. The van der Waals surface area contributed by atoms with Crippen LogP contribution in [-0.4, -0.2) is 40.8 Å². The molecule has 0 N–H and O–H groups in total. The van der Waals surface area contributed by atoms with Crippen LogP contribution in [0.2, 0.25) is 0 Å². The molecular weight excluding hydrogens is 457 g/mol. The summed E-state index contributed by atoms with van der Waals surface area (Å²) < 4.78 is 36.8. The number of pyridine rings is 1. The third-order valence-electron chi connectivity index (χ3n) is 6.22. The van der Waals surface area contributed by atoms with Gasteiger partial charge >= 0.3 is 0 Å². The smallest absolute Gasteiger partial charge is 0.250 e. The van der Waals surface area contributed by atoms with Crippen molar-refractivity contribution in [2.24, 2.45) is 7.05 Å². The molecule has 2 aromatic carbocycles. The third kappa shape index (κ3) is 4.08. The van der Waals surface area contributed by atoms with E-state index in [-0.39, 0.29) is 16.7 Å². The Labute approximate surface area is 197 Å². The number of nitrogens with zero attached hydrogens (tertiary/aromatic N) is 4. The van der Waals surface area contributed by atoms with Crippen molar-refractivity contribution in [3.05, 3.63) is 88.1 Å². The Morgan fingerprint density at radius 1 is 1.03 bits per heavy atom. The molecule has 0 amide bonds. The van der Waals surface area contributed by atoms with Gasteiger partial charge in [0.05, 0.1) is 24.4 Å². The van der Waals surface area contributed by atoms with Crippen molar-refractivity contribution in [2.75, 3.05) is 31.2 Å². The van der Waals surface area contributed by atoms with E-state index in [4.69, 9.17) is 4.74 Å². The maximum Gasteiger partial charge on any atom is 0.250 e. The zero-order valence-electron chi connectivity index (χ0n) is 18.5. The van der Waals surface area contributed by atoms with Gasteiger partial charge in [-0.05, 0) is 30.3 Å². The number of fused-ring (bicyclic) bond motifs is 1. The van der Waals surface area contributed by atoms with Crippen LogP contribution in [0.3, 0.4) is 0 Å². The molecule has 3 heterocycles. The first-order chi connectivity index (χ1) is 16.4. The van der Waals surface area contributed by atoms with E-state index in [0.29, 0.717) is 35.5 Å². The summed E-state index contributed by atoms with van der Waals surface area (Å²) >= 11 is 0. The number of hydrogen-bond donors (Lipinski definition) is 0. The lowest BCUT2D eigenvalue weighted by molar-refractivity contribution is 0.122. The largest absolute Gasteiger partial charge is 0.378 e. The van der Waals surface area contributed by atoms with E-state index < -0.39 is 17.3 Å². The van der Waals surface area contributed by atoms with Gasteiger partial charge in [0.2, 0.25) is 5.56 Å². The van der Waals surface area contributed by atoms with Gasteiger partial charge in [-0.1, -0.05) is 6.07 Å². The SMILES string of the molecule is Cn1c(C(P)c2cc(-c3ncnc4cc(N5CCOCC5)ccc34)c(F)cc2F)cccc1=O. The minimum atomic E-state index is -0.711. The molecule has 2 aromatic heterocycles. The van der Waals surface area contributed by atoms with Gasteiger partial charge in [-0.2, -0.15) is 0 Å². The van der Waals surface area contributed by atoms with Gasteiger partial charge in [0.15, 0.2) is 0 Å². The Bertz CT molecular complexity index is 1440. The van der Waals surface area contributed by atoms with Crippen molar-refractivity contribution in [2.45, 2.75) is 5.66 Å². The van der Waals surface area contributed by atoms with Crippen molar-refractivity contribution in [3.63, 3.8) is 0 Å². The molecule has 174 valence electrons. The van der Waals surface area contributed by atoms with E-state index in [9.17, 15) is 9.18 Å². The molecule has 0 radical (unpaired) electrons. The molecule has 5 rings (SSSR count). The van der Waals surface area contributed by atoms with Gasteiger partial charge < -0.3 is 14.2 Å². The van der Waals surface area contributed by atoms with Crippen LogP contribution in [0.4, 0.5) is 14.5 Å². The monoisotopic (exact) mass is 480 g/mol. The van der Waals surface area contributed by atoms with Crippen molar-refractivity contribution in [3.8, 4) is 11.3 Å². The molecule has 6 nitrogen and oxygen atoms in total. The summed E-state index contributed by atoms with van der Waals surface area (Å²) in [4.78, 5) is 23.0. The van der Waals surface area contributed by atoms with Crippen molar-refractivity contribution >= 4 is 25.8 Å². The van der Waals surface area contributed by atoms with Gasteiger partial charge in [0.25, 0.3) is 0 Å². The fourth-order valence-electron chi connectivity index (χ4n) is 4.32. The summed E-state index contributed by atoms with van der Waals surface area (Å²) in [5, 5.41) is 0.670. The normalized spacial score (nSPS) is 15.0. The number of benzene rings is 2. The molecule has 0 spiro atoms. The number of anilines is 1. The maximum absolute atomic E-state index is 15.0. The van der Waals surface area contributed by atoms with E-state index in [1.807, 2.05) is 18.2 Å². The molecule has 1 aliphatic rings. The van der Waals surface area contributed by atoms with Crippen molar-refractivity contribution < 1.29 is 13.5 Å². The van der Waals surface area contributed by atoms with Crippen LogP contribution in [0.15, 0.2) is 59.7 Å². The predicted octanol–water partition coefficient (Wildman–Crippen LogP) is 4.07. The van der Waals surface area contributed by atoms with Crippen LogP contribution >= 0.6 is 9.24 Å². The third-order valence-corrected chi connectivity index (χ3v) is 6.92. The van der Waals surface area contributed by atoms with E-state index >= 15 is 4.39 Å². The summed E-state index contributed by atoms with van der Waals surface area (Å²) in [6, 6.07) is 12.9. The molecule has 0 aliphatic carbocycles. The second-order valence-electron chi connectivity index (χ2n) is 8.20. The Kier molecular flexibility index (Phi) is 6.11. The van der Waals surface area contributed by atoms with E-state index in [0.717, 1.165) is 24.8 Å². The van der Waals surface area contributed by atoms with E-state index in [1.54, 1.807) is 19.2 Å². The Morgan fingerprint density at radius 3 is 2.62 bits per heavy atom. The number of halogens is 2. The number of ether oxygens (including phenoxy) is 1. The fourth-order valence-corrected chi connectivity index (χ4v) is 4.91. The molecule has 4 aromatic rings. The molecule has 34 heavy (non-hydrogen) atoms. The highest BCUT2D eigenvalue weighted by Gasteiger charge is 2.21. The quantitative estimate of drug-likeness (QED) is 0.412. The minimum absolute atomic E-state index is 0.177. The maximum atomic E-state index is 15.0. The fraction of sp³-hybridized carbons (Fsp3) is 0.240. The molecule has 2 unspecified atom stereocenters. The Morgan fingerprint density at radius 2 is 1.82 bits per heavy atom. The number of morpholine rings is 1. The molecule has 1 aliphatic heterocycles. The summed E-state index contributed by atoms with van der Waals surface area (Å²) in [7, 11) is 4.18. The van der Waals surface area contributed by atoms with Crippen LogP contribution in [-0.2, 0) is 11.8 Å². The standard InChI is InChI=1S/C25H23F2N4O2P/c1-30-22(3-2-4-23(30)32)25(34)18-12-17(19(26)13-20(18)27)24-16-6-5-15(11-21(16)28-14-29-24)31-7-9-33-10-8-31/h2-6,11-14,25H,7-10,34H2,1H3. The molecule has 0 saturated carbocycles. The van der Waals surface area contributed by atoms with Crippen molar-refractivity contribution in [1.29, 1.82) is 0 Å². The lowest BCUT2D eigenvalue weighted by atomic mass is 9.99. The zero-order chi connectivity index (χ0) is 23.8. The average molecular weight is 480 g/mol. The molecule has 0 bridgehead atoms. The van der Waals surface area contributed by atoms with Crippen LogP contribution in [0, 0.1) is 11.6 Å². The lowest BCUT2D eigenvalue weighted by Gasteiger charge is -2.29. The lowest BCUT2D eigenvalue weighted by Crippen LogP contribution is -2.36. The number of hydrogen-bond acceptors (Lipinski definition) is 5. The van der Waals surface area contributed by atoms with Crippen LogP contribution < -0.4 is 10.5 Å². The van der Waals surface area contributed by atoms with Gasteiger partial charge in [-0.3, -0.25) is 4.79 Å². The molecule has 1 saturated heterocycles. The van der Waals surface area contributed by atoms with Crippen LogP contribution in [0.5, 0.6) is 0 Å². The molecule has 2 atom stereocenters. The van der Waals surface area contributed by atoms with E-state index in [2.05, 4.69) is 24.1 Å². The first-order valence-electron chi connectivity index (χ1n) is 10.9. The topological polar surface area (TPSA) is 60.3 Å². The highest BCUT2D eigenvalue weighted by Crippen LogP contribution is 2.37. The number of aromatic nitrogens is 3. The second kappa shape index (κ2) is 9.20. The van der Waals surface area contributed by atoms with E-state index in [1.165, 1.54) is 23.0 Å². The van der Waals surface area contributed by atoms with Crippen LogP contribution in [0.25, 0.3) is 22.2 Å².